The molecule has 0 amide bonds. The van der Waals surface area contributed by atoms with E-state index in [4.69, 9.17) is 5.73 Å². The average Bonchev–Trinajstić information content (AvgIpc) is 2.94. The van der Waals surface area contributed by atoms with E-state index in [-0.39, 0.29) is 0 Å². The van der Waals surface area contributed by atoms with E-state index in [0.29, 0.717) is 12.4 Å². The second-order valence-corrected chi connectivity index (χ2v) is 4.11. The molecule has 0 saturated carbocycles. The normalized spacial score (nSPS) is 10.9. The Kier molecular flexibility index (Phi) is 2.36. The lowest BCUT2D eigenvalue weighted by atomic mass is 10.3. The quantitative estimate of drug-likeness (QED) is 0.636. The molecule has 0 aliphatic rings. The van der Waals surface area contributed by atoms with Crippen LogP contribution in [0.4, 0.5) is 11.6 Å². The first-order chi connectivity index (χ1) is 8.74. The molecule has 92 valence electrons. The Bertz CT molecular complexity index is 682. The average molecular weight is 243 g/mol. The van der Waals surface area contributed by atoms with E-state index in [9.17, 15) is 0 Å². The fourth-order valence-electron chi connectivity index (χ4n) is 1.83. The second-order valence-electron chi connectivity index (χ2n) is 4.11. The number of nitrogens with zero attached hydrogens (tertiary/aromatic N) is 4. The monoisotopic (exact) mass is 243 g/mol. The predicted molar refractivity (Wildman–Crippen MR) is 68.1 cm³/mol. The van der Waals surface area contributed by atoms with E-state index in [1.54, 1.807) is 10.7 Å². The van der Waals surface area contributed by atoms with Crippen LogP contribution in [0.25, 0.3) is 5.65 Å². The molecule has 3 heterocycles. The zero-order valence-corrected chi connectivity index (χ0v) is 9.88. The Balaban J connectivity index is 1.90. The Hall–Kier alpha value is -2.57. The van der Waals surface area contributed by atoms with E-state index < -0.39 is 0 Å². The highest BCUT2D eigenvalue weighted by molar-refractivity contribution is 5.52. The number of anilines is 2. The topological polar surface area (TPSA) is 96.9 Å². The fourth-order valence-corrected chi connectivity index (χ4v) is 1.83. The highest BCUT2D eigenvalue weighted by Gasteiger charge is 2.05. The number of rotatable bonds is 3. The molecule has 0 aromatic carbocycles. The van der Waals surface area contributed by atoms with Gasteiger partial charge in [0.15, 0.2) is 5.65 Å². The van der Waals surface area contributed by atoms with Gasteiger partial charge in [0.1, 0.15) is 18.0 Å². The van der Waals surface area contributed by atoms with Crippen LogP contribution in [0.15, 0.2) is 24.7 Å². The fraction of sp³-hybridized carbons (Fsp3) is 0.182. The predicted octanol–water partition coefficient (Wildman–Crippen LogP) is 0.955. The number of nitrogens with two attached hydrogens (primary N) is 1. The third-order valence-electron chi connectivity index (χ3n) is 2.73. The lowest BCUT2D eigenvalue weighted by Crippen LogP contribution is -2.06. The van der Waals surface area contributed by atoms with Crippen LogP contribution in [-0.2, 0) is 6.54 Å². The molecule has 3 aromatic heterocycles. The summed E-state index contributed by atoms with van der Waals surface area (Å²) in [4.78, 5) is 4.17. The summed E-state index contributed by atoms with van der Waals surface area (Å²) in [7, 11) is 0. The molecule has 3 aromatic rings. The van der Waals surface area contributed by atoms with Gasteiger partial charge in [-0.3, -0.25) is 5.10 Å². The van der Waals surface area contributed by atoms with Gasteiger partial charge in [-0.2, -0.15) is 14.7 Å². The Morgan fingerprint density at radius 3 is 3.11 bits per heavy atom. The van der Waals surface area contributed by atoms with Crippen molar-refractivity contribution in [2.24, 2.45) is 0 Å². The molecule has 0 bridgehead atoms. The summed E-state index contributed by atoms with van der Waals surface area (Å²) in [5.41, 5.74) is 8.60. The molecule has 0 aliphatic heterocycles. The van der Waals surface area contributed by atoms with Crippen molar-refractivity contribution in [3.63, 3.8) is 0 Å². The number of fused-ring (bicyclic) bond motifs is 1. The molecule has 0 fully saturated rings. The number of nitrogen functional groups attached to an aromatic ring is 1. The number of hydrogen-bond donors (Lipinski definition) is 3. The maximum atomic E-state index is 5.73. The van der Waals surface area contributed by atoms with E-state index in [0.717, 1.165) is 22.6 Å². The van der Waals surface area contributed by atoms with Gasteiger partial charge in [-0.05, 0) is 24.6 Å². The minimum Gasteiger partial charge on any atom is -0.384 e. The number of pyridine rings is 1. The summed E-state index contributed by atoms with van der Waals surface area (Å²) < 4.78 is 1.75. The molecule has 0 unspecified atom stereocenters. The third kappa shape index (κ3) is 1.75. The highest BCUT2D eigenvalue weighted by atomic mass is 15.3. The van der Waals surface area contributed by atoms with Crippen molar-refractivity contribution in [2.75, 3.05) is 11.1 Å². The maximum Gasteiger partial charge on any atom is 0.157 e. The molecule has 3 rings (SSSR count). The van der Waals surface area contributed by atoms with Gasteiger partial charge in [-0.1, -0.05) is 0 Å². The van der Waals surface area contributed by atoms with Gasteiger partial charge < -0.3 is 11.1 Å². The number of H-pyrrole nitrogens is 1. The van der Waals surface area contributed by atoms with Gasteiger partial charge in [0.05, 0.1) is 6.20 Å². The lowest BCUT2D eigenvalue weighted by molar-refractivity contribution is 0.941. The SMILES string of the molecule is Cc1cc(NCc2cn[nH]c2N)n2ncnc2c1. The van der Waals surface area contributed by atoms with Crippen molar-refractivity contribution in [2.45, 2.75) is 13.5 Å². The molecule has 0 saturated heterocycles. The van der Waals surface area contributed by atoms with Crippen LogP contribution < -0.4 is 11.1 Å². The van der Waals surface area contributed by atoms with E-state index >= 15 is 0 Å². The summed E-state index contributed by atoms with van der Waals surface area (Å²) in [6.45, 7) is 2.60. The Labute approximate surface area is 103 Å². The lowest BCUT2D eigenvalue weighted by Gasteiger charge is -2.08. The van der Waals surface area contributed by atoms with Crippen LogP contribution in [0.3, 0.4) is 0 Å². The van der Waals surface area contributed by atoms with Crippen molar-refractivity contribution in [1.29, 1.82) is 0 Å². The summed E-state index contributed by atoms with van der Waals surface area (Å²) >= 11 is 0. The summed E-state index contributed by atoms with van der Waals surface area (Å²) in [6, 6.07) is 3.99. The van der Waals surface area contributed by atoms with Crippen LogP contribution in [0.2, 0.25) is 0 Å². The highest BCUT2D eigenvalue weighted by Crippen LogP contribution is 2.15. The van der Waals surface area contributed by atoms with Gasteiger partial charge in [-0.25, -0.2) is 4.98 Å². The van der Waals surface area contributed by atoms with Gasteiger partial charge in [-0.15, -0.1) is 0 Å². The maximum absolute atomic E-state index is 5.73. The molecule has 7 heteroatoms. The Morgan fingerprint density at radius 1 is 1.44 bits per heavy atom. The van der Waals surface area contributed by atoms with Gasteiger partial charge in [0, 0.05) is 12.1 Å². The van der Waals surface area contributed by atoms with Gasteiger partial charge >= 0.3 is 0 Å². The van der Waals surface area contributed by atoms with Crippen LogP contribution in [0.1, 0.15) is 11.1 Å². The molecule has 7 nitrogen and oxygen atoms in total. The molecule has 4 N–H and O–H groups in total. The summed E-state index contributed by atoms with van der Waals surface area (Å²) in [6.07, 6.45) is 3.24. The van der Waals surface area contributed by atoms with Crippen LogP contribution in [-0.4, -0.2) is 24.8 Å². The van der Waals surface area contributed by atoms with Gasteiger partial charge in [0.25, 0.3) is 0 Å². The standard InChI is InChI=1S/C11H13N7/c1-7-2-9(18-10(3-7)14-6-16-18)13-4-8-5-15-17-11(8)12/h2-3,5-6,13H,4H2,1H3,(H3,12,15,17). The minimum atomic E-state index is 0.574. The van der Waals surface area contributed by atoms with E-state index in [1.165, 1.54) is 6.33 Å². The first-order valence-electron chi connectivity index (χ1n) is 5.56. The number of aromatic amines is 1. The molecule has 18 heavy (non-hydrogen) atoms. The Morgan fingerprint density at radius 2 is 2.33 bits per heavy atom. The van der Waals surface area contributed by atoms with Crippen molar-refractivity contribution in [3.05, 3.63) is 35.8 Å². The van der Waals surface area contributed by atoms with E-state index in [1.807, 2.05) is 19.1 Å². The third-order valence-corrected chi connectivity index (χ3v) is 2.73. The summed E-state index contributed by atoms with van der Waals surface area (Å²) in [5.74, 6) is 1.45. The molecular formula is C11H13N7. The minimum absolute atomic E-state index is 0.574. The number of hydrogen-bond acceptors (Lipinski definition) is 5. The smallest absolute Gasteiger partial charge is 0.157 e. The van der Waals surface area contributed by atoms with Crippen molar-refractivity contribution < 1.29 is 0 Å². The van der Waals surface area contributed by atoms with Crippen molar-refractivity contribution in [3.8, 4) is 0 Å². The first kappa shape index (κ1) is 10.6. The zero-order valence-electron chi connectivity index (χ0n) is 9.88. The molecule has 0 atom stereocenters. The van der Waals surface area contributed by atoms with Crippen molar-refractivity contribution in [1.82, 2.24) is 24.8 Å². The van der Waals surface area contributed by atoms with Gasteiger partial charge in [0.2, 0.25) is 0 Å². The first-order valence-corrected chi connectivity index (χ1v) is 5.56. The molecule has 0 spiro atoms. The molecular weight excluding hydrogens is 230 g/mol. The number of aromatic nitrogens is 5. The summed E-state index contributed by atoms with van der Waals surface area (Å²) in [5, 5.41) is 14.0. The van der Waals surface area contributed by atoms with Crippen molar-refractivity contribution >= 4 is 17.3 Å². The largest absolute Gasteiger partial charge is 0.384 e. The molecule has 0 radical (unpaired) electrons. The van der Waals surface area contributed by atoms with E-state index in [2.05, 4.69) is 25.6 Å². The number of aryl methyl sites for hydroxylation is 1. The number of nitrogens with one attached hydrogen (secondary N) is 2. The molecule has 0 aliphatic carbocycles. The van der Waals surface area contributed by atoms with Crippen LogP contribution in [0, 0.1) is 6.92 Å². The van der Waals surface area contributed by atoms with Crippen LogP contribution in [0.5, 0.6) is 0 Å². The zero-order chi connectivity index (χ0) is 12.5. The van der Waals surface area contributed by atoms with Crippen LogP contribution >= 0.6 is 0 Å². The second kappa shape index (κ2) is 4.02.